The highest BCUT2D eigenvalue weighted by atomic mass is 15.1. The molecule has 0 spiro atoms. The molecule has 2 N–H and O–H groups in total. The lowest BCUT2D eigenvalue weighted by Gasteiger charge is -2.16. The van der Waals surface area contributed by atoms with Gasteiger partial charge < -0.3 is 5.32 Å². The summed E-state index contributed by atoms with van der Waals surface area (Å²) in [6, 6.07) is 2.27. The molecule has 0 radical (unpaired) electrons. The molecule has 2 aromatic rings. The number of hydrogen-bond donors (Lipinski definition) is 2. The van der Waals surface area contributed by atoms with E-state index < -0.39 is 0 Å². The number of aromatic amines is 1. The number of hydrogen-bond acceptors (Lipinski definition) is 2. The molecule has 0 saturated heterocycles. The molecule has 19 heavy (non-hydrogen) atoms. The van der Waals surface area contributed by atoms with Crippen LogP contribution in [0, 0.1) is 34.6 Å². The molecule has 0 saturated carbocycles. The number of rotatable bonds is 3. The van der Waals surface area contributed by atoms with Crippen molar-refractivity contribution in [1.82, 2.24) is 15.5 Å². The molecule has 102 valence electrons. The molecule has 2 rings (SSSR count). The number of aryl methyl sites for hydroxylation is 3. The molecule has 1 aromatic carbocycles. The SMILES string of the molecule is CNCc1n[nH]c(C)c1-c1c(C)c(C)cc(C)c1C. The highest BCUT2D eigenvalue weighted by molar-refractivity contribution is 5.76. The lowest BCUT2D eigenvalue weighted by Crippen LogP contribution is -2.07. The Balaban J connectivity index is 2.75. The molecule has 0 fully saturated rings. The van der Waals surface area contributed by atoms with Crippen molar-refractivity contribution in [2.75, 3.05) is 7.05 Å². The van der Waals surface area contributed by atoms with Crippen molar-refractivity contribution in [2.45, 2.75) is 41.2 Å². The quantitative estimate of drug-likeness (QED) is 0.885. The maximum Gasteiger partial charge on any atom is 0.0841 e. The summed E-state index contributed by atoms with van der Waals surface area (Å²) >= 11 is 0. The number of nitrogens with zero attached hydrogens (tertiary/aromatic N) is 1. The number of nitrogens with one attached hydrogen (secondary N) is 2. The fourth-order valence-corrected chi connectivity index (χ4v) is 2.70. The van der Waals surface area contributed by atoms with Gasteiger partial charge in [-0.25, -0.2) is 0 Å². The molecule has 0 aliphatic rings. The summed E-state index contributed by atoms with van der Waals surface area (Å²) in [6.07, 6.45) is 0. The minimum Gasteiger partial charge on any atom is -0.314 e. The molecule has 0 aliphatic heterocycles. The standard InChI is InChI=1S/C16H23N3/c1-9-7-10(2)12(4)15(11(9)3)16-13(5)18-19-14(16)8-17-6/h7,17H,8H2,1-6H3,(H,18,19). The van der Waals surface area contributed by atoms with E-state index in [4.69, 9.17) is 0 Å². The smallest absolute Gasteiger partial charge is 0.0841 e. The van der Waals surface area contributed by atoms with Gasteiger partial charge in [0.05, 0.1) is 5.69 Å². The summed E-state index contributed by atoms with van der Waals surface area (Å²) in [6.45, 7) is 11.6. The molecule has 0 unspecified atom stereocenters. The summed E-state index contributed by atoms with van der Waals surface area (Å²) in [4.78, 5) is 0. The normalized spacial score (nSPS) is 11.1. The Labute approximate surface area is 115 Å². The van der Waals surface area contributed by atoms with Crippen LogP contribution in [-0.2, 0) is 6.54 Å². The maximum atomic E-state index is 4.44. The Kier molecular flexibility index (Phi) is 3.76. The fraction of sp³-hybridized carbons (Fsp3) is 0.438. The van der Waals surface area contributed by atoms with Gasteiger partial charge >= 0.3 is 0 Å². The van der Waals surface area contributed by atoms with Crippen LogP contribution in [0.4, 0.5) is 0 Å². The Hall–Kier alpha value is -1.61. The van der Waals surface area contributed by atoms with Crippen molar-refractivity contribution < 1.29 is 0 Å². The van der Waals surface area contributed by atoms with Gasteiger partial charge in [0, 0.05) is 17.8 Å². The van der Waals surface area contributed by atoms with E-state index in [9.17, 15) is 0 Å². The zero-order valence-corrected chi connectivity index (χ0v) is 12.7. The van der Waals surface area contributed by atoms with Gasteiger partial charge in [0.25, 0.3) is 0 Å². The van der Waals surface area contributed by atoms with Gasteiger partial charge in [0.15, 0.2) is 0 Å². The molecule has 0 bridgehead atoms. The lowest BCUT2D eigenvalue weighted by atomic mass is 9.88. The first-order chi connectivity index (χ1) is 8.97. The first kappa shape index (κ1) is 13.8. The summed E-state index contributed by atoms with van der Waals surface area (Å²) in [5.74, 6) is 0. The summed E-state index contributed by atoms with van der Waals surface area (Å²) in [5.41, 5.74) is 10.2. The third-order valence-electron chi connectivity index (χ3n) is 3.98. The largest absolute Gasteiger partial charge is 0.314 e. The highest BCUT2D eigenvalue weighted by Gasteiger charge is 2.18. The van der Waals surface area contributed by atoms with E-state index in [2.05, 4.69) is 56.2 Å². The van der Waals surface area contributed by atoms with Crippen molar-refractivity contribution in [1.29, 1.82) is 0 Å². The zero-order valence-electron chi connectivity index (χ0n) is 12.7. The Morgan fingerprint density at radius 2 is 1.58 bits per heavy atom. The predicted octanol–water partition coefficient (Wildman–Crippen LogP) is 3.34. The fourth-order valence-electron chi connectivity index (χ4n) is 2.70. The third-order valence-corrected chi connectivity index (χ3v) is 3.98. The summed E-state index contributed by atoms with van der Waals surface area (Å²) < 4.78 is 0. The average molecular weight is 257 g/mol. The van der Waals surface area contributed by atoms with Crippen LogP contribution in [0.1, 0.15) is 33.6 Å². The van der Waals surface area contributed by atoms with Gasteiger partial charge in [-0.1, -0.05) is 6.07 Å². The van der Waals surface area contributed by atoms with Gasteiger partial charge in [-0.05, 0) is 69.5 Å². The van der Waals surface area contributed by atoms with Gasteiger partial charge in [-0.3, -0.25) is 5.10 Å². The van der Waals surface area contributed by atoms with E-state index in [0.29, 0.717) is 0 Å². The van der Waals surface area contributed by atoms with Crippen molar-refractivity contribution in [2.24, 2.45) is 0 Å². The molecule has 3 nitrogen and oxygen atoms in total. The van der Waals surface area contributed by atoms with Gasteiger partial charge in [-0.15, -0.1) is 0 Å². The van der Waals surface area contributed by atoms with E-state index in [0.717, 1.165) is 17.9 Å². The molecule has 1 heterocycles. The van der Waals surface area contributed by atoms with Crippen LogP contribution in [0.15, 0.2) is 6.07 Å². The molecule has 0 amide bonds. The lowest BCUT2D eigenvalue weighted by molar-refractivity contribution is 0.784. The second-order valence-electron chi connectivity index (χ2n) is 5.34. The summed E-state index contributed by atoms with van der Waals surface area (Å²) in [7, 11) is 1.95. The predicted molar refractivity (Wildman–Crippen MR) is 80.5 cm³/mol. The van der Waals surface area contributed by atoms with E-state index >= 15 is 0 Å². The minimum atomic E-state index is 0.783. The summed E-state index contributed by atoms with van der Waals surface area (Å²) in [5, 5.41) is 10.8. The highest BCUT2D eigenvalue weighted by Crippen LogP contribution is 2.34. The van der Waals surface area contributed by atoms with Gasteiger partial charge in [-0.2, -0.15) is 5.10 Å². The van der Waals surface area contributed by atoms with Crippen LogP contribution in [0.5, 0.6) is 0 Å². The first-order valence-electron chi connectivity index (χ1n) is 6.73. The van der Waals surface area contributed by atoms with Crippen LogP contribution in [0.3, 0.4) is 0 Å². The molecular weight excluding hydrogens is 234 g/mol. The van der Waals surface area contributed by atoms with Crippen LogP contribution < -0.4 is 5.32 Å². The van der Waals surface area contributed by atoms with E-state index in [1.165, 1.54) is 33.4 Å². The van der Waals surface area contributed by atoms with E-state index in [1.54, 1.807) is 0 Å². The Morgan fingerprint density at radius 1 is 1.00 bits per heavy atom. The molecular formula is C16H23N3. The average Bonchev–Trinajstić information content (AvgIpc) is 2.70. The Bertz CT molecular complexity index is 583. The van der Waals surface area contributed by atoms with Crippen molar-refractivity contribution in [3.05, 3.63) is 39.7 Å². The number of H-pyrrole nitrogens is 1. The topological polar surface area (TPSA) is 40.7 Å². The van der Waals surface area contributed by atoms with Crippen molar-refractivity contribution in [3.8, 4) is 11.1 Å². The molecule has 0 atom stereocenters. The molecule has 1 aromatic heterocycles. The second kappa shape index (κ2) is 5.17. The monoisotopic (exact) mass is 257 g/mol. The van der Waals surface area contributed by atoms with Crippen molar-refractivity contribution in [3.63, 3.8) is 0 Å². The minimum absolute atomic E-state index is 0.783. The van der Waals surface area contributed by atoms with Crippen LogP contribution in [-0.4, -0.2) is 17.2 Å². The van der Waals surface area contributed by atoms with E-state index in [1.807, 2.05) is 7.05 Å². The zero-order chi connectivity index (χ0) is 14.2. The van der Waals surface area contributed by atoms with Crippen LogP contribution in [0.25, 0.3) is 11.1 Å². The van der Waals surface area contributed by atoms with Gasteiger partial charge in [0.2, 0.25) is 0 Å². The second-order valence-corrected chi connectivity index (χ2v) is 5.34. The van der Waals surface area contributed by atoms with Crippen molar-refractivity contribution >= 4 is 0 Å². The molecule has 0 aliphatic carbocycles. The molecule has 3 heteroatoms. The van der Waals surface area contributed by atoms with Gasteiger partial charge in [0.1, 0.15) is 0 Å². The number of benzene rings is 1. The number of aromatic nitrogens is 2. The Morgan fingerprint density at radius 3 is 2.11 bits per heavy atom. The van der Waals surface area contributed by atoms with Crippen LogP contribution in [0.2, 0.25) is 0 Å². The first-order valence-corrected chi connectivity index (χ1v) is 6.73. The van der Waals surface area contributed by atoms with Crippen LogP contribution >= 0.6 is 0 Å². The maximum absolute atomic E-state index is 4.44. The third kappa shape index (κ3) is 2.30. The van der Waals surface area contributed by atoms with E-state index in [-0.39, 0.29) is 0 Å².